The van der Waals surface area contributed by atoms with Gasteiger partial charge in [0.2, 0.25) is 0 Å². The molecule has 3 nitrogen and oxygen atoms in total. The molecule has 1 heterocycles. The Kier molecular flexibility index (Phi) is 5.50. The molecule has 1 aliphatic carbocycles. The van der Waals surface area contributed by atoms with Gasteiger partial charge in [-0.1, -0.05) is 18.2 Å². The first-order valence-corrected chi connectivity index (χ1v) is 8.59. The zero-order chi connectivity index (χ0) is 12.1. The zero-order valence-corrected chi connectivity index (χ0v) is 12.3. The van der Waals surface area contributed by atoms with E-state index in [1.54, 1.807) is 7.11 Å². The third-order valence-corrected chi connectivity index (χ3v) is 5.64. The molecule has 0 bridgehead atoms. The molecule has 0 spiro atoms. The molecule has 1 aliphatic heterocycles. The van der Waals surface area contributed by atoms with Crippen LogP contribution in [0.3, 0.4) is 0 Å². The van der Waals surface area contributed by atoms with Crippen molar-refractivity contribution in [3.8, 4) is 0 Å². The number of nitrogens with zero attached hydrogens (tertiary/aromatic N) is 1. The largest absolute Gasteiger partial charge is 0.385 e. The van der Waals surface area contributed by atoms with E-state index in [-0.39, 0.29) is 0 Å². The number of rotatable bonds is 5. The van der Waals surface area contributed by atoms with E-state index in [2.05, 4.69) is 11.6 Å². The standard InChI is InChI=1S/C12H22N2OS2/c1-15-7-6-9-8-17-12(13-9)14-10-4-3-5-11(10)16-2/h9-11H,3-8H2,1-2H3,(H,13,14). The van der Waals surface area contributed by atoms with E-state index in [1.165, 1.54) is 19.3 Å². The van der Waals surface area contributed by atoms with E-state index < -0.39 is 0 Å². The molecule has 5 heteroatoms. The van der Waals surface area contributed by atoms with Gasteiger partial charge in [-0.15, -0.1) is 0 Å². The fraction of sp³-hybridized carbons (Fsp3) is 0.917. The van der Waals surface area contributed by atoms with Gasteiger partial charge >= 0.3 is 0 Å². The van der Waals surface area contributed by atoms with Crippen molar-refractivity contribution in [1.82, 2.24) is 5.32 Å². The molecule has 3 unspecified atom stereocenters. The van der Waals surface area contributed by atoms with Crippen molar-refractivity contribution in [2.75, 3.05) is 25.7 Å². The topological polar surface area (TPSA) is 33.6 Å². The highest BCUT2D eigenvalue weighted by atomic mass is 32.2. The highest BCUT2D eigenvalue weighted by Gasteiger charge is 2.28. The van der Waals surface area contributed by atoms with Gasteiger partial charge in [-0.3, -0.25) is 4.99 Å². The molecule has 0 aromatic carbocycles. The van der Waals surface area contributed by atoms with Gasteiger partial charge < -0.3 is 10.1 Å². The third-order valence-electron chi connectivity index (χ3n) is 3.42. The van der Waals surface area contributed by atoms with Gasteiger partial charge in [0.1, 0.15) is 0 Å². The quantitative estimate of drug-likeness (QED) is 0.834. The first kappa shape index (κ1) is 13.6. The zero-order valence-electron chi connectivity index (χ0n) is 10.6. The number of ether oxygens (including phenoxy) is 1. The molecule has 17 heavy (non-hydrogen) atoms. The molecule has 0 aromatic rings. The predicted molar refractivity (Wildman–Crippen MR) is 78.3 cm³/mol. The molecule has 3 atom stereocenters. The minimum Gasteiger partial charge on any atom is -0.385 e. The van der Waals surface area contributed by atoms with E-state index >= 15 is 0 Å². The summed E-state index contributed by atoms with van der Waals surface area (Å²) in [4.78, 5) is 4.89. The molecule has 98 valence electrons. The number of amidine groups is 1. The lowest BCUT2D eigenvalue weighted by Crippen LogP contribution is -2.29. The van der Waals surface area contributed by atoms with Crippen LogP contribution in [0.2, 0.25) is 0 Å². The number of aliphatic imine (C=N–C) groups is 1. The molecule has 0 aromatic heterocycles. The van der Waals surface area contributed by atoms with Crippen LogP contribution in [0.4, 0.5) is 0 Å². The van der Waals surface area contributed by atoms with Crippen molar-refractivity contribution < 1.29 is 4.74 Å². The SMILES string of the molecule is COCCC1CSC(=NC2CCCC2SC)N1. The van der Waals surface area contributed by atoms with Crippen LogP contribution in [0, 0.1) is 0 Å². The van der Waals surface area contributed by atoms with Gasteiger partial charge in [0, 0.05) is 30.8 Å². The van der Waals surface area contributed by atoms with Crippen molar-refractivity contribution >= 4 is 28.7 Å². The Bertz CT molecular complexity index is 273. The molecule has 2 fully saturated rings. The smallest absolute Gasteiger partial charge is 0.157 e. The van der Waals surface area contributed by atoms with E-state index in [4.69, 9.17) is 9.73 Å². The van der Waals surface area contributed by atoms with Crippen LogP contribution >= 0.6 is 23.5 Å². The molecule has 2 rings (SSSR count). The van der Waals surface area contributed by atoms with Crippen molar-refractivity contribution in [3.05, 3.63) is 0 Å². The van der Waals surface area contributed by atoms with Gasteiger partial charge in [0.05, 0.1) is 6.04 Å². The average Bonchev–Trinajstić information content (AvgIpc) is 2.96. The third kappa shape index (κ3) is 3.80. The monoisotopic (exact) mass is 274 g/mol. The van der Waals surface area contributed by atoms with Crippen LogP contribution in [-0.2, 0) is 4.74 Å². The van der Waals surface area contributed by atoms with Gasteiger partial charge in [-0.25, -0.2) is 0 Å². The molecule has 0 amide bonds. The van der Waals surface area contributed by atoms with Crippen LogP contribution in [0.25, 0.3) is 0 Å². The summed E-state index contributed by atoms with van der Waals surface area (Å²) in [5.74, 6) is 1.14. The van der Waals surface area contributed by atoms with E-state index in [0.717, 1.165) is 29.2 Å². The molecule has 1 saturated carbocycles. The normalized spacial score (nSPS) is 35.4. The van der Waals surface area contributed by atoms with Gasteiger partial charge in [0.15, 0.2) is 5.17 Å². The molecule has 2 aliphatic rings. The minimum absolute atomic E-state index is 0.543. The maximum atomic E-state index is 5.11. The highest BCUT2D eigenvalue weighted by molar-refractivity contribution is 8.14. The van der Waals surface area contributed by atoms with E-state index in [0.29, 0.717) is 12.1 Å². The summed E-state index contributed by atoms with van der Waals surface area (Å²) in [5, 5.41) is 5.42. The summed E-state index contributed by atoms with van der Waals surface area (Å²) in [6, 6.07) is 1.09. The van der Waals surface area contributed by atoms with Gasteiger partial charge in [-0.05, 0) is 25.5 Å². The second kappa shape index (κ2) is 6.90. The van der Waals surface area contributed by atoms with Gasteiger partial charge in [-0.2, -0.15) is 11.8 Å². The first-order chi connectivity index (χ1) is 8.33. The molecular weight excluding hydrogens is 252 g/mol. The van der Waals surface area contributed by atoms with E-state index in [9.17, 15) is 0 Å². The summed E-state index contributed by atoms with van der Waals surface area (Å²) < 4.78 is 5.11. The number of methoxy groups -OCH3 is 1. The Hall–Kier alpha value is 0.130. The molecular formula is C12H22N2OS2. The summed E-state index contributed by atoms with van der Waals surface area (Å²) in [6.45, 7) is 0.836. The Balaban J connectivity index is 1.82. The summed E-state index contributed by atoms with van der Waals surface area (Å²) in [7, 11) is 1.76. The Morgan fingerprint density at radius 3 is 3.18 bits per heavy atom. The first-order valence-electron chi connectivity index (χ1n) is 6.32. The predicted octanol–water partition coefficient (Wildman–Crippen LogP) is 2.37. The fourth-order valence-corrected chi connectivity index (χ4v) is 4.39. The number of thioether (sulfide) groups is 2. The average molecular weight is 274 g/mol. The maximum Gasteiger partial charge on any atom is 0.157 e. The lowest BCUT2D eigenvalue weighted by molar-refractivity contribution is 0.188. The Labute approximate surface area is 113 Å². The van der Waals surface area contributed by atoms with Crippen molar-refractivity contribution in [2.24, 2.45) is 4.99 Å². The lowest BCUT2D eigenvalue weighted by Gasteiger charge is -2.14. The second-order valence-corrected chi connectivity index (χ2v) is 6.73. The van der Waals surface area contributed by atoms with Crippen molar-refractivity contribution in [2.45, 2.75) is 43.0 Å². The van der Waals surface area contributed by atoms with Crippen molar-refractivity contribution in [1.29, 1.82) is 0 Å². The van der Waals surface area contributed by atoms with Crippen LogP contribution < -0.4 is 5.32 Å². The van der Waals surface area contributed by atoms with Crippen LogP contribution in [-0.4, -0.2) is 48.2 Å². The lowest BCUT2D eigenvalue weighted by atomic mass is 10.2. The summed E-state index contributed by atoms with van der Waals surface area (Å²) in [5.41, 5.74) is 0. The van der Waals surface area contributed by atoms with Crippen LogP contribution in [0.5, 0.6) is 0 Å². The molecule has 1 saturated heterocycles. The number of nitrogens with one attached hydrogen (secondary N) is 1. The minimum atomic E-state index is 0.543. The summed E-state index contributed by atoms with van der Waals surface area (Å²) >= 11 is 3.85. The molecule has 0 radical (unpaired) electrons. The van der Waals surface area contributed by atoms with Crippen LogP contribution in [0.1, 0.15) is 25.7 Å². The van der Waals surface area contributed by atoms with Crippen LogP contribution in [0.15, 0.2) is 4.99 Å². The van der Waals surface area contributed by atoms with E-state index in [1.807, 2.05) is 23.5 Å². The summed E-state index contributed by atoms with van der Waals surface area (Å²) in [6.07, 6.45) is 7.23. The highest BCUT2D eigenvalue weighted by Crippen LogP contribution is 2.31. The maximum absolute atomic E-state index is 5.11. The van der Waals surface area contributed by atoms with Crippen molar-refractivity contribution in [3.63, 3.8) is 0 Å². The number of hydrogen-bond donors (Lipinski definition) is 1. The second-order valence-electron chi connectivity index (χ2n) is 4.64. The Morgan fingerprint density at radius 2 is 2.41 bits per heavy atom. The molecule has 1 N–H and O–H groups in total. The van der Waals surface area contributed by atoms with Gasteiger partial charge in [0.25, 0.3) is 0 Å². The Morgan fingerprint density at radius 1 is 1.53 bits per heavy atom. The number of hydrogen-bond acceptors (Lipinski definition) is 4. The fourth-order valence-electron chi connectivity index (χ4n) is 2.41.